The fourth-order valence-electron chi connectivity index (χ4n) is 2.04. The van der Waals surface area contributed by atoms with Crippen LogP contribution in [0.15, 0.2) is 18.2 Å². The highest BCUT2D eigenvalue weighted by atomic mass is 19.2. The van der Waals surface area contributed by atoms with Crippen LogP contribution in [0.5, 0.6) is 0 Å². The smallest absolute Gasteiger partial charge is 0.169 e. The molecular weight excluding hydrogens is 238 g/mol. The molecule has 0 bridgehead atoms. The molecule has 0 radical (unpaired) electrons. The van der Waals surface area contributed by atoms with Gasteiger partial charge in [0.2, 0.25) is 0 Å². The Morgan fingerprint density at radius 2 is 2.06 bits per heavy atom. The number of hydrogen-bond donors (Lipinski definition) is 1. The highest BCUT2D eigenvalue weighted by Crippen LogP contribution is 2.39. The molecule has 1 saturated carbocycles. The third kappa shape index (κ3) is 1.69. The molecule has 2 aromatic rings. The minimum atomic E-state index is -0.893. The lowest BCUT2D eigenvalue weighted by atomic mass is 10.2. The lowest BCUT2D eigenvalue weighted by Gasteiger charge is -2.08. The Bertz CT molecular complexity index is 590. The second-order valence-electron chi connectivity index (χ2n) is 4.35. The van der Waals surface area contributed by atoms with Crippen molar-refractivity contribution in [2.24, 2.45) is 5.73 Å². The summed E-state index contributed by atoms with van der Waals surface area (Å²) in [5.41, 5.74) is 5.72. The standard InChI is InChI=1S/C12H12F2N4/c13-9-3-1-2-8(11(9)14)12-17-16-10(6-15)18(12)7-4-5-7/h1-3,7H,4-6,15H2. The van der Waals surface area contributed by atoms with Gasteiger partial charge < -0.3 is 10.3 Å². The van der Waals surface area contributed by atoms with Gasteiger partial charge in [0.05, 0.1) is 12.1 Å². The van der Waals surface area contributed by atoms with E-state index in [4.69, 9.17) is 5.73 Å². The summed E-state index contributed by atoms with van der Waals surface area (Å²) in [6.07, 6.45) is 1.99. The maximum absolute atomic E-state index is 13.8. The first kappa shape index (κ1) is 11.3. The van der Waals surface area contributed by atoms with Crippen LogP contribution in [-0.2, 0) is 6.54 Å². The Morgan fingerprint density at radius 1 is 1.28 bits per heavy atom. The quantitative estimate of drug-likeness (QED) is 0.906. The maximum Gasteiger partial charge on any atom is 0.169 e. The largest absolute Gasteiger partial charge is 0.324 e. The number of nitrogens with zero attached hydrogens (tertiary/aromatic N) is 3. The van der Waals surface area contributed by atoms with Crippen LogP contribution >= 0.6 is 0 Å². The molecule has 4 nitrogen and oxygen atoms in total. The van der Waals surface area contributed by atoms with E-state index < -0.39 is 11.6 Å². The fraction of sp³-hybridized carbons (Fsp3) is 0.333. The van der Waals surface area contributed by atoms with Crippen LogP contribution in [-0.4, -0.2) is 14.8 Å². The third-order valence-corrected chi connectivity index (χ3v) is 3.05. The van der Waals surface area contributed by atoms with Gasteiger partial charge in [-0.25, -0.2) is 8.78 Å². The normalized spacial score (nSPS) is 15.1. The van der Waals surface area contributed by atoms with Crippen LogP contribution in [0.4, 0.5) is 8.78 Å². The Morgan fingerprint density at radius 3 is 2.72 bits per heavy atom. The molecule has 94 valence electrons. The van der Waals surface area contributed by atoms with E-state index in [1.165, 1.54) is 12.1 Å². The molecule has 2 N–H and O–H groups in total. The van der Waals surface area contributed by atoms with Crippen LogP contribution in [0.25, 0.3) is 11.4 Å². The van der Waals surface area contributed by atoms with Gasteiger partial charge in [-0.2, -0.15) is 0 Å². The number of halogens is 2. The summed E-state index contributed by atoms with van der Waals surface area (Å²) in [6.45, 7) is 0.237. The summed E-state index contributed by atoms with van der Waals surface area (Å²) >= 11 is 0. The van der Waals surface area contributed by atoms with Gasteiger partial charge in [0.15, 0.2) is 17.5 Å². The lowest BCUT2D eigenvalue weighted by Crippen LogP contribution is -2.08. The lowest BCUT2D eigenvalue weighted by molar-refractivity contribution is 0.509. The van der Waals surface area contributed by atoms with E-state index in [1.807, 2.05) is 4.57 Å². The molecule has 0 aliphatic heterocycles. The molecule has 0 saturated heterocycles. The maximum atomic E-state index is 13.8. The predicted molar refractivity (Wildman–Crippen MR) is 61.5 cm³/mol. The van der Waals surface area contributed by atoms with E-state index in [9.17, 15) is 8.78 Å². The Balaban J connectivity index is 2.17. The summed E-state index contributed by atoms with van der Waals surface area (Å²) in [6, 6.07) is 4.31. The Kier molecular flexibility index (Phi) is 2.59. The number of aromatic nitrogens is 3. The SMILES string of the molecule is NCc1nnc(-c2cccc(F)c2F)n1C1CC1. The van der Waals surface area contributed by atoms with Crippen molar-refractivity contribution in [1.82, 2.24) is 14.8 Å². The molecule has 0 amide bonds. The average molecular weight is 250 g/mol. The second-order valence-corrected chi connectivity index (χ2v) is 4.35. The van der Waals surface area contributed by atoms with Gasteiger partial charge in [-0.3, -0.25) is 0 Å². The highest BCUT2D eigenvalue weighted by Gasteiger charge is 2.30. The van der Waals surface area contributed by atoms with Gasteiger partial charge in [0.1, 0.15) is 5.82 Å². The molecule has 18 heavy (non-hydrogen) atoms. The number of rotatable bonds is 3. The molecule has 1 aliphatic carbocycles. The van der Waals surface area contributed by atoms with Gasteiger partial charge >= 0.3 is 0 Å². The Hall–Kier alpha value is -1.82. The van der Waals surface area contributed by atoms with Gasteiger partial charge in [0, 0.05) is 6.04 Å². The predicted octanol–water partition coefficient (Wildman–Crippen LogP) is 2.02. The van der Waals surface area contributed by atoms with Crippen LogP contribution < -0.4 is 5.73 Å². The average Bonchev–Trinajstić information content (AvgIpc) is 3.12. The first-order chi connectivity index (χ1) is 8.72. The zero-order chi connectivity index (χ0) is 12.7. The second kappa shape index (κ2) is 4.13. The van der Waals surface area contributed by atoms with Crippen LogP contribution in [0.3, 0.4) is 0 Å². The number of nitrogens with two attached hydrogens (primary N) is 1. The van der Waals surface area contributed by atoms with Crippen molar-refractivity contribution in [3.05, 3.63) is 35.7 Å². The van der Waals surface area contributed by atoms with Crippen molar-refractivity contribution >= 4 is 0 Å². The zero-order valence-corrected chi connectivity index (χ0v) is 9.61. The van der Waals surface area contributed by atoms with E-state index in [0.29, 0.717) is 11.6 Å². The molecule has 0 unspecified atom stereocenters. The third-order valence-electron chi connectivity index (χ3n) is 3.05. The molecule has 3 rings (SSSR count). The van der Waals surface area contributed by atoms with E-state index in [-0.39, 0.29) is 18.2 Å². The number of hydrogen-bond acceptors (Lipinski definition) is 3. The summed E-state index contributed by atoms with van der Waals surface area (Å²) in [7, 11) is 0. The molecule has 1 aromatic carbocycles. The minimum Gasteiger partial charge on any atom is -0.324 e. The molecule has 1 aromatic heterocycles. The molecule has 1 heterocycles. The van der Waals surface area contributed by atoms with Crippen LogP contribution in [0, 0.1) is 11.6 Å². The van der Waals surface area contributed by atoms with E-state index in [2.05, 4.69) is 10.2 Å². The van der Waals surface area contributed by atoms with E-state index in [0.717, 1.165) is 18.9 Å². The van der Waals surface area contributed by atoms with Crippen LogP contribution in [0.2, 0.25) is 0 Å². The van der Waals surface area contributed by atoms with Crippen molar-refractivity contribution in [1.29, 1.82) is 0 Å². The van der Waals surface area contributed by atoms with Crippen molar-refractivity contribution < 1.29 is 8.78 Å². The topological polar surface area (TPSA) is 56.7 Å². The first-order valence-corrected chi connectivity index (χ1v) is 5.80. The van der Waals surface area contributed by atoms with Crippen molar-refractivity contribution in [3.8, 4) is 11.4 Å². The minimum absolute atomic E-state index is 0.133. The summed E-state index contributed by atoms with van der Waals surface area (Å²) in [5, 5.41) is 7.89. The van der Waals surface area contributed by atoms with Gasteiger partial charge in [-0.1, -0.05) is 6.07 Å². The molecular formula is C12H12F2N4. The molecule has 0 spiro atoms. The zero-order valence-electron chi connectivity index (χ0n) is 9.61. The van der Waals surface area contributed by atoms with Crippen molar-refractivity contribution in [3.63, 3.8) is 0 Å². The molecule has 0 atom stereocenters. The van der Waals surface area contributed by atoms with E-state index >= 15 is 0 Å². The van der Waals surface area contributed by atoms with Crippen molar-refractivity contribution in [2.75, 3.05) is 0 Å². The van der Waals surface area contributed by atoms with Crippen LogP contribution in [0.1, 0.15) is 24.7 Å². The summed E-state index contributed by atoms with van der Waals surface area (Å²) < 4.78 is 28.8. The number of benzene rings is 1. The van der Waals surface area contributed by atoms with Crippen molar-refractivity contribution in [2.45, 2.75) is 25.4 Å². The van der Waals surface area contributed by atoms with Gasteiger partial charge in [0.25, 0.3) is 0 Å². The highest BCUT2D eigenvalue weighted by molar-refractivity contribution is 5.56. The monoisotopic (exact) mass is 250 g/mol. The Labute approximate surface area is 102 Å². The summed E-state index contributed by atoms with van der Waals surface area (Å²) in [5.74, 6) is -0.811. The molecule has 6 heteroatoms. The molecule has 1 fully saturated rings. The van der Waals surface area contributed by atoms with Gasteiger partial charge in [-0.15, -0.1) is 10.2 Å². The van der Waals surface area contributed by atoms with E-state index in [1.54, 1.807) is 0 Å². The first-order valence-electron chi connectivity index (χ1n) is 5.80. The van der Waals surface area contributed by atoms with Gasteiger partial charge in [-0.05, 0) is 25.0 Å². The summed E-state index contributed by atoms with van der Waals surface area (Å²) in [4.78, 5) is 0. The molecule has 1 aliphatic rings. The fourth-order valence-corrected chi connectivity index (χ4v) is 2.04.